The van der Waals surface area contributed by atoms with E-state index >= 15 is 0 Å². The van der Waals surface area contributed by atoms with Gasteiger partial charge in [-0.1, -0.05) is 15.9 Å². The summed E-state index contributed by atoms with van der Waals surface area (Å²) < 4.78 is 6.29. The van der Waals surface area contributed by atoms with Gasteiger partial charge in [-0.3, -0.25) is 0 Å². The molecule has 2 aromatic rings. The van der Waals surface area contributed by atoms with E-state index in [1.54, 1.807) is 7.11 Å². The molecule has 5 heteroatoms. The van der Waals surface area contributed by atoms with Crippen LogP contribution in [0.1, 0.15) is 24.6 Å². The van der Waals surface area contributed by atoms with Gasteiger partial charge in [0.25, 0.3) is 0 Å². The number of aryl methyl sites for hydroxylation is 1. The Kier molecular flexibility index (Phi) is 4.10. The molecule has 4 nitrogen and oxygen atoms in total. The maximum absolute atomic E-state index is 5.31. The largest absolute Gasteiger partial charge is 0.497 e. The third-order valence-corrected chi connectivity index (χ3v) is 4.38. The summed E-state index contributed by atoms with van der Waals surface area (Å²) in [6.45, 7) is 2.95. The van der Waals surface area contributed by atoms with E-state index in [1.165, 1.54) is 11.3 Å². The van der Waals surface area contributed by atoms with Gasteiger partial charge in [-0.2, -0.15) is 0 Å². The number of nitrogens with one attached hydrogen (secondary N) is 1. The van der Waals surface area contributed by atoms with Crippen molar-refractivity contribution in [1.82, 2.24) is 9.97 Å². The van der Waals surface area contributed by atoms with Gasteiger partial charge in [0, 0.05) is 27.8 Å². The van der Waals surface area contributed by atoms with Crippen molar-refractivity contribution < 1.29 is 4.74 Å². The maximum Gasteiger partial charge on any atom is 0.163 e. The Hall–Kier alpha value is -1.62. The Bertz CT molecular complexity index is 673. The van der Waals surface area contributed by atoms with Crippen molar-refractivity contribution in [3.8, 4) is 17.1 Å². The normalized spacial score (nSPS) is 13.1. The SMILES string of the molecule is CCNc1nc(-c2cc(OC)ccc2Br)nc2c1CCC2. The van der Waals surface area contributed by atoms with E-state index in [9.17, 15) is 0 Å². The van der Waals surface area contributed by atoms with E-state index in [1.807, 2.05) is 18.2 Å². The molecule has 0 radical (unpaired) electrons. The molecule has 3 rings (SSSR count). The van der Waals surface area contributed by atoms with Gasteiger partial charge in [-0.05, 0) is 44.4 Å². The minimum Gasteiger partial charge on any atom is -0.497 e. The van der Waals surface area contributed by atoms with E-state index < -0.39 is 0 Å². The molecule has 0 spiro atoms. The summed E-state index contributed by atoms with van der Waals surface area (Å²) >= 11 is 3.58. The number of rotatable bonds is 4. The summed E-state index contributed by atoms with van der Waals surface area (Å²) in [5.41, 5.74) is 3.41. The van der Waals surface area contributed by atoms with Crippen LogP contribution in [0.15, 0.2) is 22.7 Å². The molecule has 21 heavy (non-hydrogen) atoms. The highest BCUT2D eigenvalue weighted by atomic mass is 79.9. The van der Waals surface area contributed by atoms with Crippen LogP contribution in [0.25, 0.3) is 11.4 Å². The van der Waals surface area contributed by atoms with Gasteiger partial charge in [0.2, 0.25) is 0 Å². The first-order chi connectivity index (χ1) is 10.2. The molecule has 0 amide bonds. The van der Waals surface area contributed by atoms with Gasteiger partial charge in [-0.25, -0.2) is 9.97 Å². The average molecular weight is 348 g/mol. The summed E-state index contributed by atoms with van der Waals surface area (Å²) in [6.07, 6.45) is 3.26. The molecule has 0 aliphatic heterocycles. The van der Waals surface area contributed by atoms with Crippen LogP contribution in [0.2, 0.25) is 0 Å². The highest BCUT2D eigenvalue weighted by Gasteiger charge is 2.20. The van der Waals surface area contributed by atoms with Crippen LogP contribution in [-0.4, -0.2) is 23.6 Å². The minimum atomic E-state index is 0.748. The predicted octanol–water partition coefficient (Wildman–Crippen LogP) is 3.84. The monoisotopic (exact) mass is 347 g/mol. The van der Waals surface area contributed by atoms with Crippen molar-refractivity contribution in [3.05, 3.63) is 33.9 Å². The first-order valence-corrected chi connectivity index (χ1v) is 7.99. The molecule has 1 aromatic carbocycles. The molecule has 1 aromatic heterocycles. The minimum absolute atomic E-state index is 0.748. The van der Waals surface area contributed by atoms with Crippen LogP contribution < -0.4 is 10.1 Å². The van der Waals surface area contributed by atoms with Gasteiger partial charge >= 0.3 is 0 Å². The van der Waals surface area contributed by atoms with Crippen molar-refractivity contribution >= 4 is 21.7 Å². The number of nitrogens with zero attached hydrogens (tertiary/aromatic N) is 2. The van der Waals surface area contributed by atoms with Crippen molar-refractivity contribution in [3.63, 3.8) is 0 Å². The van der Waals surface area contributed by atoms with Gasteiger partial charge < -0.3 is 10.1 Å². The smallest absolute Gasteiger partial charge is 0.163 e. The van der Waals surface area contributed by atoms with Crippen LogP contribution in [-0.2, 0) is 12.8 Å². The van der Waals surface area contributed by atoms with Crippen molar-refractivity contribution in [2.45, 2.75) is 26.2 Å². The van der Waals surface area contributed by atoms with Crippen LogP contribution >= 0.6 is 15.9 Å². The molecule has 0 saturated heterocycles. The molecule has 0 saturated carbocycles. The molecule has 1 aliphatic rings. The van der Waals surface area contributed by atoms with Gasteiger partial charge in [0.05, 0.1) is 7.11 Å². The zero-order valence-corrected chi connectivity index (χ0v) is 13.8. The average Bonchev–Trinajstić information content (AvgIpc) is 2.96. The molecule has 1 heterocycles. The molecule has 0 atom stereocenters. The number of halogens is 1. The van der Waals surface area contributed by atoms with Crippen LogP contribution in [0.5, 0.6) is 5.75 Å². The molecule has 0 fully saturated rings. The zero-order valence-electron chi connectivity index (χ0n) is 12.2. The lowest BCUT2D eigenvalue weighted by atomic mass is 10.1. The summed E-state index contributed by atoms with van der Waals surface area (Å²) in [4.78, 5) is 9.50. The van der Waals surface area contributed by atoms with E-state index in [-0.39, 0.29) is 0 Å². The summed E-state index contributed by atoms with van der Waals surface area (Å²) in [5, 5.41) is 3.37. The lowest BCUT2D eigenvalue weighted by molar-refractivity contribution is 0.415. The summed E-state index contributed by atoms with van der Waals surface area (Å²) in [5.74, 6) is 2.53. The Balaban J connectivity index is 2.12. The Labute approximate surface area is 133 Å². The van der Waals surface area contributed by atoms with Crippen molar-refractivity contribution in [2.75, 3.05) is 19.0 Å². The van der Waals surface area contributed by atoms with E-state index in [0.717, 1.165) is 53.2 Å². The first-order valence-electron chi connectivity index (χ1n) is 7.20. The Morgan fingerprint density at radius 1 is 1.29 bits per heavy atom. The second-order valence-corrected chi connectivity index (χ2v) is 5.91. The van der Waals surface area contributed by atoms with Crippen LogP contribution in [0.4, 0.5) is 5.82 Å². The third-order valence-electron chi connectivity index (χ3n) is 3.69. The highest BCUT2D eigenvalue weighted by Crippen LogP contribution is 2.33. The fourth-order valence-corrected chi connectivity index (χ4v) is 3.09. The molecule has 0 bridgehead atoms. The molecular weight excluding hydrogens is 330 g/mol. The van der Waals surface area contributed by atoms with Crippen molar-refractivity contribution in [1.29, 1.82) is 0 Å². The summed E-state index contributed by atoms with van der Waals surface area (Å²) in [7, 11) is 1.67. The lowest BCUT2D eigenvalue weighted by Crippen LogP contribution is -2.07. The molecule has 1 aliphatic carbocycles. The Morgan fingerprint density at radius 2 is 2.14 bits per heavy atom. The van der Waals surface area contributed by atoms with Gasteiger partial charge in [0.15, 0.2) is 5.82 Å². The van der Waals surface area contributed by atoms with Crippen LogP contribution in [0.3, 0.4) is 0 Å². The molecule has 110 valence electrons. The number of hydrogen-bond donors (Lipinski definition) is 1. The number of benzene rings is 1. The van der Waals surface area contributed by atoms with E-state index in [4.69, 9.17) is 14.7 Å². The maximum atomic E-state index is 5.31. The number of fused-ring (bicyclic) bond motifs is 1. The fraction of sp³-hybridized carbons (Fsp3) is 0.375. The standard InChI is InChI=1S/C16H18BrN3O/c1-3-18-15-11-5-4-6-14(11)19-16(20-15)12-9-10(21-2)7-8-13(12)17/h7-9H,3-6H2,1-2H3,(H,18,19,20). The predicted molar refractivity (Wildman–Crippen MR) is 87.9 cm³/mol. The quantitative estimate of drug-likeness (QED) is 0.912. The van der Waals surface area contributed by atoms with Crippen molar-refractivity contribution in [2.24, 2.45) is 0 Å². The molecular formula is C16H18BrN3O. The van der Waals surface area contributed by atoms with Crippen LogP contribution in [0, 0.1) is 0 Å². The highest BCUT2D eigenvalue weighted by molar-refractivity contribution is 9.10. The lowest BCUT2D eigenvalue weighted by Gasteiger charge is -2.12. The number of ether oxygens (including phenoxy) is 1. The fourth-order valence-electron chi connectivity index (χ4n) is 2.67. The van der Waals surface area contributed by atoms with Gasteiger partial charge in [0.1, 0.15) is 11.6 Å². The number of anilines is 1. The number of methoxy groups -OCH3 is 1. The molecule has 0 unspecified atom stereocenters. The Morgan fingerprint density at radius 3 is 2.90 bits per heavy atom. The number of aromatic nitrogens is 2. The summed E-state index contributed by atoms with van der Waals surface area (Å²) in [6, 6.07) is 5.86. The second kappa shape index (κ2) is 6.02. The third kappa shape index (κ3) is 2.75. The first kappa shape index (κ1) is 14.3. The van der Waals surface area contributed by atoms with Gasteiger partial charge in [-0.15, -0.1) is 0 Å². The molecule has 1 N–H and O–H groups in total. The van der Waals surface area contributed by atoms with E-state index in [2.05, 4.69) is 28.2 Å². The van der Waals surface area contributed by atoms with E-state index in [0.29, 0.717) is 0 Å². The topological polar surface area (TPSA) is 47.0 Å². The number of hydrogen-bond acceptors (Lipinski definition) is 4. The second-order valence-electron chi connectivity index (χ2n) is 5.05. The zero-order chi connectivity index (χ0) is 14.8.